The van der Waals surface area contributed by atoms with E-state index in [0.29, 0.717) is 19.4 Å². The van der Waals surface area contributed by atoms with Gasteiger partial charge in [0.2, 0.25) is 0 Å². The number of nitrogens with zero attached hydrogens (tertiary/aromatic N) is 1. The molecule has 0 aromatic heterocycles. The van der Waals surface area contributed by atoms with Crippen molar-refractivity contribution in [2.45, 2.75) is 83.8 Å². The lowest BCUT2D eigenvalue weighted by Gasteiger charge is -2.35. The first-order valence-electron chi connectivity index (χ1n) is 11.3. The number of carbonyl (C=O) groups excluding carboxylic acids is 3. The highest BCUT2D eigenvalue weighted by molar-refractivity contribution is 5.94. The number of hydrogen-bond donors (Lipinski definition) is 2. The Balaban J connectivity index is 2.27. The number of allylic oxidation sites excluding steroid dienone is 1. The van der Waals surface area contributed by atoms with Gasteiger partial charge in [-0.05, 0) is 46.5 Å². The number of amides is 1. The summed E-state index contributed by atoms with van der Waals surface area (Å²) in [5, 5.41) is 6.71. The van der Waals surface area contributed by atoms with Crippen molar-refractivity contribution in [2.75, 3.05) is 26.2 Å². The summed E-state index contributed by atoms with van der Waals surface area (Å²) in [5.74, 6) is 0.0123. The van der Waals surface area contributed by atoms with E-state index in [0.717, 1.165) is 19.3 Å². The molecule has 2 atom stereocenters. The zero-order valence-electron chi connectivity index (χ0n) is 19.3. The van der Waals surface area contributed by atoms with Crippen LogP contribution in [0.5, 0.6) is 0 Å². The Labute approximate surface area is 181 Å². The second kappa shape index (κ2) is 10.5. The summed E-state index contributed by atoms with van der Waals surface area (Å²) in [4.78, 5) is 40.4. The Bertz CT molecular complexity index is 661. The summed E-state index contributed by atoms with van der Waals surface area (Å²) in [7, 11) is 0. The monoisotopic (exact) mass is 421 g/mol. The Hall–Kier alpha value is -1.73. The molecule has 0 spiro atoms. The Morgan fingerprint density at radius 1 is 1.17 bits per heavy atom. The van der Waals surface area contributed by atoms with Crippen LogP contribution in [-0.2, 0) is 14.3 Å². The predicted octanol–water partition coefficient (Wildman–Crippen LogP) is 2.84. The number of ketones is 2. The lowest BCUT2D eigenvalue weighted by Crippen LogP contribution is -2.61. The Morgan fingerprint density at radius 2 is 1.90 bits per heavy atom. The van der Waals surface area contributed by atoms with Gasteiger partial charge >= 0.3 is 6.09 Å². The quantitative estimate of drug-likeness (QED) is 0.679. The highest BCUT2D eigenvalue weighted by atomic mass is 16.6. The number of nitrogens with one attached hydrogen (secondary N) is 2. The van der Waals surface area contributed by atoms with E-state index in [1.165, 1.54) is 0 Å². The highest BCUT2D eigenvalue weighted by Crippen LogP contribution is 2.26. The Morgan fingerprint density at radius 3 is 2.57 bits per heavy atom. The summed E-state index contributed by atoms with van der Waals surface area (Å²) in [6, 6.07) is 0.0853. The molecule has 7 heteroatoms. The minimum atomic E-state index is -0.825. The van der Waals surface area contributed by atoms with Gasteiger partial charge < -0.3 is 15.0 Å². The van der Waals surface area contributed by atoms with Crippen molar-refractivity contribution >= 4 is 17.7 Å². The second-order valence-corrected chi connectivity index (χ2v) is 9.47. The SMILES string of the molecule is CC(C)N[C@]12CCN(C1)C(=O)OC/C=C/CCCC[C@@](C)(C(=O)C(C)C)NCC2=O. The first kappa shape index (κ1) is 24.5. The molecule has 0 saturated carbocycles. The van der Waals surface area contributed by atoms with Gasteiger partial charge in [0.15, 0.2) is 11.6 Å². The van der Waals surface area contributed by atoms with E-state index in [2.05, 4.69) is 10.6 Å². The number of Topliss-reactive ketones (excluding diaryl/α,β-unsaturated/α-hetero) is 2. The van der Waals surface area contributed by atoms with Crippen molar-refractivity contribution in [3.63, 3.8) is 0 Å². The lowest BCUT2D eigenvalue weighted by atomic mass is 9.83. The fourth-order valence-corrected chi connectivity index (χ4v) is 4.46. The van der Waals surface area contributed by atoms with Crippen LogP contribution in [0.3, 0.4) is 0 Å². The maximum Gasteiger partial charge on any atom is 0.410 e. The van der Waals surface area contributed by atoms with E-state index >= 15 is 0 Å². The van der Waals surface area contributed by atoms with Gasteiger partial charge in [-0.15, -0.1) is 0 Å². The second-order valence-electron chi connectivity index (χ2n) is 9.47. The van der Waals surface area contributed by atoms with Gasteiger partial charge in [0, 0.05) is 25.0 Å². The molecule has 2 heterocycles. The smallest absolute Gasteiger partial charge is 0.410 e. The third-order valence-corrected chi connectivity index (χ3v) is 6.10. The summed E-state index contributed by atoms with van der Waals surface area (Å²) >= 11 is 0. The van der Waals surface area contributed by atoms with Crippen LogP contribution in [-0.4, -0.2) is 65.9 Å². The Kier molecular flexibility index (Phi) is 8.62. The van der Waals surface area contributed by atoms with Crippen LogP contribution in [0, 0.1) is 5.92 Å². The van der Waals surface area contributed by atoms with E-state index in [4.69, 9.17) is 4.74 Å². The summed E-state index contributed by atoms with van der Waals surface area (Å²) < 4.78 is 5.35. The van der Waals surface area contributed by atoms with E-state index < -0.39 is 11.1 Å². The van der Waals surface area contributed by atoms with Crippen LogP contribution in [0.25, 0.3) is 0 Å². The standard InChI is InChI=1S/C23H39N3O4/c1-17(2)20(28)22(5)11-9-7-6-8-10-14-30-21(29)26-13-12-23(16-26,25-18(3)4)19(27)15-24-22/h8,10,17-18,24-25H,6-7,9,11-16H2,1-5H3/b10-8+/t22-,23+/m0/s1. The first-order chi connectivity index (χ1) is 14.1. The van der Waals surface area contributed by atoms with Crippen LogP contribution in [0.15, 0.2) is 12.2 Å². The molecule has 0 aromatic rings. The summed E-state index contributed by atoms with van der Waals surface area (Å²) in [6.07, 6.45) is 7.40. The van der Waals surface area contributed by atoms with Gasteiger partial charge in [-0.1, -0.05) is 32.4 Å². The van der Waals surface area contributed by atoms with Crippen molar-refractivity contribution in [1.29, 1.82) is 0 Å². The molecule has 1 fully saturated rings. The van der Waals surface area contributed by atoms with Crippen molar-refractivity contribution in [3.8, 4) is 0 Å². The number of cyclic esters (lactones) is 1. The molecular formula is C23H39N3O4. The zero-order valence-corrected chi connectivity index (χ0v) is 19.3. The van der Waals surface area contributed by atoms with E-state index in [1.54, 1.807) is 4.90 Å². The van der Waals surface area contributed by atoms with Gasteiger partial charge in [-0.25, -0.2) is 4.79 Å². The third-order valence-electron chi connectivity index (χ3n) is 6.10. The first-order valence-corrected chi connectivity index (χ1v) is 11.3. The molecule has 2 bridgehead atoms. The molecule has 2 aliphatic heterocycles. The fraction of sp³-hybridized carbons (Fsp3) is 0.783. The average molecular weight is 422 g/mol. The predicted molar refractivity (Wildman–Crippen MR) is 117 cm³/mol. The van der Waals surface area contributed by atoms with Gasteiger partial charge in [0.25, 0.3) is 0 Å². The van der Waals surface area contributed by atoms with Crippen molar-refractivity contribution in [3.05, 3.63) is 12.2 Å². The number of fused-ring (bicyclic) bond motifs is 2. The van der Waals surface area contributed by atoms with E-state index in [1.807, 2.05) is 46.8 Å². The van der Waals surface area contributed by atoms with Gasteiger partial charge in [0.05, 0.1) is 17.6 Å². The maximum absolute atomic E-state index is 13.4. The summed E-state index contributed by atoms with van der Waals surface area (Å²) in [5.41, 5.74) is -1.56. The maximum atomic E-state index is 13.4. The highest BCUT2D eigenvalue weighted by Gasteiger charge is 2.47. The largest absolute Gasteiger partial charge is 0.445 e. The molecule has 0 aliphatic carbocycles. The molecule has 2 rings (SSSR count). The normalized spacial score (nSPS) is 30.6. The number of ether oxygens (including phenoxy) is 1. The minimum Gasteiger partial charge on any atom is -0.445 e. The molecule has 2 N–H and O–H groups in total. The molecule has 170 valence electrons. The zero-order chi connectivity index (χ0) is 22.4. The van der Waals surface area contributed by atoms with E-state index in [9.17, 15) is 14.4 Å². The summed E-state index contributed by atoms with van der Waals surface area (Å²) in [6.45, 7) is 10.8. The number of carbonyl (C=O) groups is 3. The molecule has 30 heavy (non-hydrogen) atoms. The fourth-order valence-electron chi connectivity index (χ4n) is 4.46. The van der Waals surface area contributed by atoms with Crippen LogP contribution < -0.4 is 10.6 Å². The van der Waals surface area contributed by atoms with Crippen LogP contribution >= 0.6 is 0 Å². The minimum absolute atomic E-state index is 0.0127. The van der Waals surface area contributed by atoms with Crippen molar-refractivity contribution < 1.29 is 19.1 Å². The van der Waals surface area contributed by atoms with Crippen molar-refractivity contribution in [1.82, 2.24) is 15.5 Å². The molecule has 7 nitrogen and oxygen atoms in total. The van der Waals surface area contributed by atoms with Gasteiger partial charge in [-0.2, -0.15) is 0 Å². The van der Waals surface area contributed by atoms with Gasteiger partial charge in [-0.3, -0.25) is 14.9 Å². The average Bonchev–Trinajstić information content (AvgIpc) is 3.11. The van der Waals surface area contributed by atoms with E-state index in [-0.39, 0.29) is 49.3 Å². The topological polar surface area (TPSA) is 87.7 Å². The molecule has 2 aliphatic rings. The number of rotatable bonds is 4. The van der Waals surface area contributed by atoms with Crippen LogP contribution in [0.2, 0.25) is 0 Å². The van der Waals surface area contributed by atoms with Crippen LogP contribution in [0.4, 0.5) is 4.79 Å². The molecule has 1 saturated heterocycles. The van der Waals surface area contributed by atoms with Crippen molar-refractivity contribution in [2.24, 2.45) is 5.92 Å². The molecule has 0 unspecified atom stereocenters. The molecule has 0 aromatic carbocycles. The number of hydrogen-bond acceptors (Lipinski definition) is 6. The molecular weight excluding hydrogens is 382 g/mol. The lowest BCUT2D eigenvalue weighted by molar-refractivity contribution is -0.129. The van der Waals surface area contributed by atoms with Gasteiger partial charge in [0.1, 0.15) is 6.61 Å². The molecule has 0 radical (unpaired) electrons. The molecule has 1 amide bonds. The van der Waals surface area contributed by atoms with Crippen LogP contribution in [0.1, 0.15) is 66.7 Å². The third kappa shape index (κ3) is 6.14.